The maximum atomic E-state index is 13.9. The lowest BCUT2D eigenvalue weighted by Crippen LogP contribution is -2.33. The molecular formula is C21H19F4N3O3. The Bertz CT molecular complexity index is 1240. The maximum Gasteiger partial charge on any atom is 0.417 e. The standard InChI is InChI=1S/C21H19F4N3O3/c1-10-6-15(21(23,24)25)17(19(29)28(10)2)13-5-4-11(7-16(26)20(30)31-3)14-8-12(22)9-27-18(13)14/h4-6,8-9,16H,7,26H2,1-3H3/t16-/m0/s1. The van der Waals surface area contributed by atoms with Crippen molar-refractivity contribution >= 4 is 16.9 Å². The highest BCUT2D eigenvalue weighted by atomic mass is 19.4. The van der Waals surface area contributed by atoms with Gasteiger partial charge in [-0.05, 0) is 31.0 Å². The van der Waals surface area contributed by atoms with Crippen LogP contribution in [0.4, 0.5) is 17.6 Å². The maximum absolute atomic E-state index is 13.9. The van der Waals surface area contributed by atoms with Crippen molar-refractivity contribution in [3.8, 4) is 11.1 Å². The molecule has 10 heteroatoms. The van der Waals surface area contributed by atoms with Gasteiger partial charge in [0, 0.05) is 23.7 Å². The summed E-state index contributed by atoms with van der Waals surface area (Å²) >= 11 is 0. The van der Waals surface area contributed by atoms with Crippen LogP contribution in [0.15, 0.2) is 35.3 Å². The zero-order chi connectivity index (χ0) is 23.1. The zero-order valence-corrected chi connectivity index (χ0v) is 16.9. The van der Waals surface area contributed by atoms with Crippen molar-refractivity contribution in [1.82, 2.24) is 9.55 Å². The predicted molar refractivity (Wildman–Crippen MR) is 106 cm³/mol. The number of aryl methyl sites for hydroxylation is 1. The molecule has 2 aromatic heterocycles. The smallest absolute Gasteiger partial charge is 0.417 e. The molecule has 0 aliphatic carbocycles. The van der Waals surface area contributed by atoms with Crippen molar-refractivity contribution in [2.24, 2.45) is 12.8 Å². The second-order valence-corrected chi connectivity index (χ2v) is 7.09. The van der Waals surface area contributed by atoms with Gasteiger partial charge in [0.15, 0.2) is 0 Å². The average molecular weight is 437 g/mol. The minimum absolute atomic E-state index is 0.0116. The van der Waals surface area contributed by atoms with Crippen LogP contribution in [0.1, 0.15) is 16.8 Å². The van der Waals surface area contributed by atoms with E-state index in [1.165, 1.54) is 26.1 Å². The molecule has 0 radical (unpaired) electrons. The molecule has 2 heterocycles. The van der Waals surface area contributed by atoms with E-state index in [0.717, 1.165) is 30.0 Å². The number of hydrogen-bond donors (Lipinski definition) is 1. The van der Waals surface area contributed by atoms with Crippen molar-refractivity contribution in [3.05, 3.63) is 63.5 Å². The lowest BCUT2D eigenvalue weighted by molar-refractivity contribution is -0.142. The first-order chi connectivity index (χ1) is 14.5. The van der Waals surface area contributed by atoms with Crippen molar-refractivity contribution in [3.63, 3.8) is 0 Å². The Morgan fingerprint density at radius 2 is 1.97 bits per heavy atom. The van der Waals surface area contributed by atoms with Crippen LogP contribution >= 0.6 is 0 Å². The number of nitrogens with two attached hydrogens (primary N) is 1. The van der Waals surface area contributed by atoms with E-state index < -0.39 is 40.7 Å². The number of pyridine rings is 2. The number of methoxy groups -OCH3 is 1. The molecule has 0 saturated heterocycles. The molecule has 3 aromatic rings. The SMILES string of the molecule is COC(=O)[C@@H](N)Cc1ccc(-c2c(C(F)(F)F)cc(C)n(C)c2=O)c2ncc(F)cc12. The Morgan fingerprint density at radius 3 is 2.58 bits per heavy atom. The Morgan fingerprint density at radius 1 is 1.29 bits per heavy atom. The van der Waals surface area contributed by atoms with E-state index in [0.29, 0.717) is 5.56 Å². The van der Waals surface area contributed by atoms with Gasteiger partial charge in [-0.25, -0.2) is 4.39 Å². The summed E-state index contributed by atoms with van der Waals surface area (Å²) in [6, 6.07) is 3.60. The molecule has 0 bridgehead atoms. The number of halogens is 4. The van der Waals surface area contributed by atoms with Gasteiger partial charge in [0.25, 0.3) is 5.56 Å². The van der Waals surface area contributed by atoms with Crippen LogP contribution in [-0.2, 0) is 29.2 Å². The second kappa shape index (κ2) is 8.10. The number of esters is 1. The van der Waals surface area contributed by atoms with Gasteiger partial charge in [0.05, 0.1) is 30.0 Å². The highest BCUT2D eigenvalue weighted by Gasteiger charge is 2.36. The minimum atomic E-state index is -4.80. The molecule has 3 rings (SSSR count). The first kappa shape index (κ1) is 22.4. The van der Waals surface area contributed by atoms with Crippen molar-refractivity contribution in [2.75, 3.05) is 7.11 Å². The number of alkyl halides is 3. The quantitative estimate of drug-likeness (QED) is 0.501. The summed E-state index contributed by atoms with van der Waals surface area (Å²) in [5.41, 5.74) is 3.62. The lowest BCUT2D eigenvalue weighted by atomic mass is 9.93. The highest BCUT2D eigenvalue weighted by molar-refractivity contribution is 5.96. The minimum Gasteiger partial charge on any atom is -0.468 e. The van der Waals surface area contributed by atoms with Gasteiger partial charge in [-0.2, -0.15) is 13.2 Å². The van der Waals surface area contributed by atoms with Crippen LogP contribution in [0.3, 0.4) is 0 Å². The van der Waals surface area contributed by atoms with Crippen LogP contribution in [0, 0.1) is 12.7 Å². The molecular weight excluding hydrogens is 418 g/mol. The molecule has 31 heavy (non-hydrogen) atoms. The Hall–Kier alpha value is -3.27. The third-order valence-corrected chi connectivity index (χ3v) is 5.10. The lowest BCUT2D eigenvalue weighted by Gasteiger charge is -2.18. The van der Waals surface area contributed by atoms with Crippen molar-refractivity contribution in [2.45, 2.75) is 25.6 Å². The Labute approximate surface area is 174 Å². The number of ether oxygens (including phenoxy) is 1. The molecule has 0 aliphatic heterocycles. The van der Waals surface area contributed by atoms with Gasteiger partial charge >= 0.3 is 12.1 Å². The van der Waals surface area contributed by atoms with E-state index in [1.807, 2.05) is 0 Å². The van der Waals surface area contributed by atoms with E-state index in [2.05, 4.69) is 9.72 Å². The van der Waals surface area contributed by atoms with Crippen LogP contribution in [0.5, 0.6) is 0 Å². The summed E-state index contributed by atoms with van der Waals surface area (Å²) in [6.45, 7) is 1.39. The number of hydrogen-bond acceptors (Lipinski definition) is 5. The Kier molecular flexibility index (Phi) is 5.86. The Balaban J connectivity index is 2.34. The molecule has 6 nitrogen and oxygen atoms in total. The molecule has 0 aliphatic rings. The van der Waals surface area contributed by atoms with Gasteiger partial charge in [0.1, 0.15) is 11.9 Å². The molecule has 0 fully saturated rings. The molecule has 0 saturated carbocycles. The van der Waals surface area contributed by atoms with Crippen molar-refractivity contribution in [1.29, 1.82) is 0 Å². The largest absolute Gasteiger partial charge is 0.468 e. The summed E-state index contributed by atoms with van der Waals surface area (Å²) in [4.78, 5) is 28.5. The molecule has 2 N–H and O–H groups in total. The van der Waals surface area contributed by atoms with Crippen LogP contribution in [0.25, 0.3) is 22.0 Å². The molecule has 1 aromatic carbocycles. The first-order valence-corrected chi connectivity index (χ1v) is 9.14. The second-order valence-electron chi connectivity index (χ2n) is 7.09. The summed E-state index contributed by atoms with van der Waals surface area (Å²) < 4.78 is 60.9. The number of carbonyl (C=O) groups excluding carboxylic acids is 1. The fraction of sp³-hybridized carbons (Fsp3) is 0.286. The van der Waals surface area contributed by atoms with Crippen molar-refractivity contribution < 1.29 is 27.1 Å². The van der Waals surface area contributed by atoms with E-state index in [1.54, 1.807) is 0 Å². The zero-order valence-electron chi connectivity index (χ0n) is 16.9. The van der Waals surface area contributed by atoms with Gasteiger partial charge in [-0.15, -0.1) is 0 Å². The van der Waals surface area contributed by atoms with E-state index in [9.17, 15) is 27.2 Å². The third-order valence-electron chi connectivity index (χ3n) is 5.10. The van der Waals surface area contributed by atoms with E-state index >= 15 is 0 Å². The fourth-order valence-corrected chi connectivity index (χ4v) is 3.41. The molecule has 0 amide bonds. The summed E-state index contributed by atoms with van der Waals surface area (Å²) in [6.07, 6.45) is -4.01. The topological polar surface area (TPSA) is 87.2 Å². The highest BCUT2D eigenvalue weighted by Crippen LogP contribution is 2.38. The summed E-state index contributed by atoms with van der Waals surface area (Å²) in [7, 11) is 2.52. The van der Waals surface area contributed by atoms with Crippen LogP contribution in [-0.4, -0.2) is 28.7 Å². The molecule has 164 valence electrons. The number of nitrogens with zero attached hydrogens (tertiary/aromatic N) is 2. The monoisotopic (exact) mass is 437 g/mol. The third kappa shape index (κ3) is 4.15. The molecule has 0 unspecified atom stereocenters. The van der Waals surface area contributed by atoms with E-state index in [-0.39, 0.29) is 28.6 Å². The van der Waals surface area contributed by atoms with Gasteiger partial charge in [-0.1, -0.05) is 12.1 Å². The first-order valence-electron chi connectivity index (χ1n) is 9.14. The summed E-state index contributed by atoms with van der Waals surface area (Å²) in [5.74, 6) is -1.43. The van der Waals surface area contributed by atoms with Crippen LogP contribution in [0.2, 0.25) is 0 Å². The number of fused-ring (bicyclic) bond motifs is 1. The predicted octanol–water partition coefficient (Wildman–Crippen LogP) is 3.11. The number of benzene rings is 1. The summed E-state index contributed by atoms with van der Waals surface area (Å²) in [5, 5.41) is 0.146. The normalized spacial score (nSPS) is 12.8. The van der Waals surface area contributed by atoms with E-state index in [4.69, 9.17) is 5.73 Å². The van der Waals surface area contributed by atoms with Gasteiger partial charge in [-0.3, -0.25) is 14.6 Å². The molecule has 0 spiro atoms. The van der Waals surface area contributed by atoms with Gasteiger partial charge < -0.3 is 15.0 Å². The average Bonchev–Trinajstić information content (AvgIpc) is 2.71. The fourth-order valence-electron chi connectivity index (χ4n) is 3.41. The number of carbonyl (C=O) groups is 1. The number of rotatable bonds is 4. The number of aromatic nitrogens is 2. The molecule has 1 atom stereocenters. The van der Waals surface area contributed by atoms with Crippen LogP contribution < -0.4 is 11.3 Å². The van der Waals surface area contributed by atoms with Gasteiger partial charge in [0.2, 0.25) is 0 Å².